The first-order valence-electron chi connectivity index (χ1n) is 4.51. The van der Waals surface area contributed by atoms with Crippen LogP contribution in [-0.2, 0) is 17.6 Å². The molecule has 0 fully saturated rings. The maximum atomic E-state index is 10.7. The molecule has 0 saturated carbocycles. The van der Waals surface area contributed by atoms with Crippen LogP contribution >= 0.6 is 22.6 Å². The van der Waals surface area contributed by atoms with Gasteiger partial charge in [-0.1, -0.05) is 6.92 Å². The summed E-state index contributed by atoms with van der Waals surface area (Å²) in [4.78, 5) is 10.7. The molecule has 0 aromatic heterocycles. The van der Waals surface area contributed by atoms with Gasteiger partial charge in [0.05, 0.1) is 18.1 Å². The number of aryl methyl sites for hydroxylation is 1. The Labute approximate surface area is 102 Å². The fourth-order valence-corrected chi connectivity index (χ4v) is 2.30. The number of aliphatic carboxylic acids is 1. The fraction of sp³-hybridized carbons (Fsp3) is 0.273. The lowest BCUT2D eigenvalue weighted by Crippen LogP contribution is -2.06. The van der Waals surface area contributed by atoms with Crippen LogP contribution in [0.2, 0.25) is 0 Å². The summed E-state index contributed by atoms with van der Waals surface area (Å²) in [5.41, 5.74) is 2.36. The first-order chi connectivity index (χ1) is 7.08. The van der Waals surface area contributed by atoms with E-state index in [0.29, 0.717) is 5.56 Å². The van der Waals surface area contributed by atoms with Gasteiger partial charge in [0.1, 0.15) is 0 Å². The molecule has 0 atom stereocenters. The van der Waals surface area contributed by atoms with Crippen molar-refractivity contribution >= 4 is 28.6 Å². The quantitative estimate of drug-likeness (QED) is 0.871. The number of nitrogens with zero attached hydrogens (tertiary/aromatic N) is 1. The average molecular weight is 315 g/mol. The number of hydrogen-bond acceptors (Lipinski definition) is 2. The SMILES string of the molecule is CCc1cc(C#N)cc(I)c1CC(=O)O. The van der Waals surface area contributed by atoms with Crippen molar-refractivity contribution in [3.05, 3.63) is 32.4 Å². The second-order valence-corrected chi connectivity index (χ2v) is 4.29. The molecule has 0 radical (unpaired) electrons. The molecule has 0 aliphatic rings. The monoisotopic (exact) mass is 315 g/mol. The lowest BCUT2D eigenvalue weighted by atomic mass is 10.00. The maximum Gasteiger partial charge on any atom is 0.307 e. The van der Waals surface area contributed by atoms with Gasteiger partial charge >= 0.3 is 5.97 Å². The molecule has 0 aliphatic heterocycles. The zero-order chi connectivity index (χ0) is 11.4. The number of carboxylic acid groups (broad SMARTS) is 1. The number of hydrogen-bond donors (Lipinski definition) is 1. The van der Waals surface area contributed by atoms with E-state index < -0.39 is 5.97 Å². The maximum absolute atomic E-state index is 10.7. The summed E-state index contributed by atoms with van der Waals surface area (Å²) in [5, 5.41) is 17.6. The molecule has 15 heavy (non-hydrogen) atoms. The number of halogens is 1. The van der Waals surface area contributed by atoms with Crippen LogP contribution in [0, 0.1) is 14.9 Å². The molecule has 0 heterocycles. The largest absolute Gasteiger partial charge is 0.481 e. The smallest absolute Gasteiger partial charge is 0.307 e. The summed E-state index contributed by atoms with van der Waals surface area (Å²) in [5.74, 6) is -0.840. The molecule has 1 aromatic rings. The predicted octanol–water partition coefficient (Wildman–Crippen LogP) is 2.35. The number of carbonyl (C=O) groups is 1. The van der Waals surface area contributed by atoms with Crippen molar-refractivity contribution in [1.82, 2.24) is 0 Å². The Morgan fingerprint density at radius 1 is 1.60 bits per heavy atom. The molecule has 0 aliphatic carbocycles. The number of rotatable bonds is 3. The van der Waals surface area contributed by atoms with Crippen molar-refractivity contribution in [2.75, 3.05) is 0 Å². The second kappa shape index (κ2) is 5.12. The number of nitriles is 1. The van der Waals surface area contributed by atoms with E-state index in [1.807, 2.05) is 6.92 Å². The number of carboxylic acids is 1. The molecule has 0 bridgehead atoms. The summed E-state index contributed by atoms with van der Waals surface area (Å²) < 4.78 is 0.853. The Morgan fingerprint density at radius 2 is 2.27 bits per heavy atom. The fourth-order valence-electron chi connectivity index (χ4n) is 1.42. The van der Waals surface area contributed by atoms with Gasteiger partial charge in [-0.3, -0.25) is 4.79 Å². The standard InChI is InChI=1S/C11H10INO2/c1-2-8-3-7(6-13)4-10(12)9(8)5-11(14)15/h3-4H,2,5H2,1H3,(H,14,15). The molecule has 0 amide bonds. The van der Waals surface area contributed by atoms with Gasteiger partial charge in [-0.25, -0.2) is 0 Å². The van der Waals surface area contributed by atoms with Crippen molar-refractivity contribution in [3.63, 3.8) is 0 Å². The van der Waals surface area contributed by atoms with Gasteiger partial charge in [0.2, 0.25) is 0 Å². The highest BCUT2D eigenvalue weighted by molar-refractivity contribution is 14.1. The summed E-state index contributed by atoms with van der Waals surface area (Å²) in [6.45, 7) is 1.96. The van der Waals surface area contributed by atoms with Crippen molar-refractivity contribution in [2.24, 2.45) is 0 Å². The molecule has 1 aromatic carbocycles. The summed E-state index contributed by atoms with van der Waals surface area (Å²) in [6, 6.07) is 5.56. The van der Waals surface area contributed by atoms with Gasteiger partial charge in [-0.15, -0.1) is 0 Å². The Morgan fingerprint density at radius 3 is 2.73 bits per heavy atom. The molecule has 3 nitrogen and oxygen atoms in total. The van der Waals surface area contributed by atoms with E-state index in [4.69, 9.17) is 10.4 Å². The van der Waals surface area contributed by atoms with Crippen LogP contribution in [-0.4, -0.2) is 11.1 Å². The topological polar surface area (TPSA) is 61.1 Å². The summed E-state index contributed by atoms with van der Waals surface area (Å²) in [6.07, 6.45) is 0.765. The lowest BCUT2D eigenvalue weighted by Gasteiger charge is -2.08. The van der Waals surface area contributed by atoms with Crippen molar-refractivity contribution in [2.45, 2.75) is 19.8 Å². The molecular formula is C11H10INO2. The second-order valence-electron chi connectivity index (χ2n) is 3.13. The van der Waals surface area contributed by atoms with Gasteiger partial charge in [0.15, 0.2) is 0 Å². The van der Waals surface area contributed by atoms with Crippen molar-refractivity contribution < 1.29 is 9.90 Å². The summed E-state index contributed by atoms with van der Waals surface area (Å²) >= 11 is 2.08. The van der Waals surface area contributed by atoms with Gasteiger partial charge in [-0.05, 0) is 52.3 Å². The molecule has 1 N–H and O–H groups in total. The highest BCUT2D eigenvalue weighted by Crippen LogP contribution is 2.20. The third-order valence-corrected chi connectivity index (χ3v) is 3.09. The predicted molar refractivity (Wildman–Crippen MR) is 64.6 cm³/mol. The van der Waals surface area contributed by atoms with Crippen LogP contribution in [0.25, 0.3) is 0 Å². The third kappa shape index (κ3) is 2.93. The molecule has 0 unspecified atom stereocenters. The molecule has 0 saturated heterocycles. The van der Waals surface area contributed by atoms with Crippen molar-refractivity contribution in [3.8, 4) is 6.07 Å². The van der Waals surface area contributed by atoms with Gasteiger partial charge < -0.3 is 5.11 Å². The first kappa shape index (κ1) is 12.0. The zero-order valence-electron chi connectivity index (χ0n) is 8.25. The van der Waals surface area contributed by atoms with E-state index in [0.717, 1.165) is 21.1 Å². The van der Waals surface area contributed by atoms with Crippen LogP contribution in [0.4, 0.5) is 0 Å². The van der Waals surface area contributed by atoms with E-state index in [9.17, 15) is 4.79 Å². The van der Waals surface area contributed by atoms with Crippen LogP contribution < -0.4 is 0 Å². The lowest BCUT2D eigenvalue weighted by molar-refractivity contribution is -0.136. The zero-order valence-corrected chi connectivity index (χ0v) is 10.4. The van der Waals surface area contributed by atoms with E-state index in [-0.39, 0.29) is 6.42 Å². The third-order valence-electron chi connectivity index (χ3n) is 2.13. The van der Waals surface area contributed by atoms with Crippen molar-refractivity contribution in [1.29, 1.82) is 5.26 Å². The minimum atomic E-state index is -0.840. The molecule has 4 heteroatoms. The Bertz CT molecular complexity index is 435. The average Bonchev–Trinajstić information content (AvgIpc) is 2.20. The molecule has 78 valence electrons. The van der Waals surface area contributed by atoms with E-state index >= 15 is 0 Å². The Balaban J connectivity index is 3.25. The van der Waals surface area contributed by atoms with E-state index in [2.05, 4.69) is 28.7 Å². The van der Waals surface area contributed by atoms with Gasteiger partial charge in [0, 0.05) is 3.57 Å². The molecular weight excluding hydrogens is 305 g/mol. The molecule has 0 spiro atoms. The minimum Gasteiger partial charge on any atom is -0.481 e. The van der Waals surface area contributed by atoms with Crippen LogP contribution in [0.5, 0.6) is 0 Å². The highest BCUT2D eigenvalue weighted by Gasteiger charge is 2.11. The summed E-state index contributed by atoms with van der Waals surface area (Å²) in [7, 11) is 0. The normalized spacial score (nSPS) is 9.67. The van der Waals surface area contributed by atoms with E-state index in [1.54, 1.807) is 12.1 Å². The molecule has 1 rings (SSSR count). The van der Waals surface area contributed by atoms with Crippen LogP contribution in [0.1, 0.15) is 23.6 Å². The van der Waals surface area contributed by atoms with Crippen LogP contribution in [0.15, 0.2) is 12.1 Å². The Hall–Kier alpha value is -1.09. The minimum absolute atomic E-state index is 0.0210. The highest BCUT2D eigenvalue weighted by atomic mass is 127. The van der Waals surface area contributed by atoms with Gasteiger partial charge in [0.25, 0.3) is 0 Å². The Kier molecular flexibility index (Phi) is 4.09. The van der Waals surface area contributed by atoms with Gasteiger partial charge in [-0.2, -0.15) is 5.26 Å². The first-order valence-corrected chi connectivity index (χ1v) is 5.59. The van der Waals surface area contributed by atoms with E-state index in [1.165, 1.54) is 0 Å². The number of benzene rings is 1. The van der Waals surface area contributed by atoms with Crippen LogP contribution in [0.3, 0.4) is 0 Å².